The first-order chi connectivity index (χ1) is 5.27. The van der Waals surface area contributed by atoms with Gasteiger partial charge in [0.15, 0.2) is 11.5 Å². The average Bonchev–Trinajstić information content (AvgIpc) is 2.77. The minimum atomic E-state index is -0.0607. The Bertz CT molecular complexity index is 309. The molecule has 0 radical (unpaired) electrons. The summed E-state index contributed by atoms with van der Waals surface area (Å²) in [6.45, 7) is 0. The fraction of sp³-hybridized carbons (Fsp3) is 0.111. The zero-order chi connectivity index (χ0) is 7.84. The Morgan fingerprint density at radius 1 is 1.00 bits per heavy atom. The van der Waals surface area contributed by atoms with E-state index in [2.05, 4.69) is 0 Å². The number of phenols is 2. The highest BCUT2D eigenvalue weighted by Gasteiger charge is 2.14. The highest BCUT2D eigenvalue weighted by atomic mass is 16.3. The highest BCUT2D eigenvalue weighted by Crippen LogP contribution is 2.34. The van der Waals surface area contributed by atoms with Crippen molar-refractivity contribution in [2.45, 2.75) is 5.92 Å². The minimum absolute atomic E-state index is 0.0452. The molecule has 1 aliphatic rings. The lowest BCUT2D eigenvalue weighted by molar-refractivity contribution is 0.403. The van der Waals surface area contributed by atoms with Crippen molar-refractivity contribution in [2.75, 3.05) is 0 Å². The summed E-state index contributed by atoms with van der Waals surface area (Å²) in [6.07, 6.45) is 4.07. The van der Waals surface area contributed by atoms with Crippen LogP contribution in [0.3, 0.4) is 0 Å². The number of aromatic hydroxyl groups is 2. The maximum absolute atomic E-state index is 9.10. The van der Waals surface area contributed by atoms with Crippen LogP contribution in [0, 0.1) is 0 Å². The molecule has 0 aromatic heterocycles. The number of hydrogen-bond donors (Lipinski definition) is 2. The molecular weight excluding hydrogens is 140 g/mol. The summed E-state index contributed by atoms with van der Waals surface area (Å²) in [7, 11) is 0. The first kappa shape index (κ1) is 6.28. The fourth-order valence-corrected chi connectivity index (χ4v) is 1.03. The summed E-state index contributed by atoms with van der Waals surface area (Å²) in [5.41, 5.74) is 1.03. The lowest BCUT2D eigenvalue weighted by atomic mass is 10.1. The van der Waals surface area contributed by atoms with Crippen LogP contribution >= 0.6 is 0 Å². The molecule has 1 aromatic carbocycles. The number of benzene rings is 1. The highest BCUT2D eigenvalue weighted by molar-refractivity contribution is 5.46. The van der Waals surface area contributed by atoms with Gasteiger partial charge in [-0.2, -0.15) is 0 Å². The molecule has 2 heteroatoms. The van der Waals surface area contributed by atoms with Crippen LogP contribution in [0.2, 0.25) is 0 Å². The van der Waals surface area contributed by atoms with Gasteiger partial charge in [0.05, 0.1) is 0 Å². The second-order valence-corrected chi connectivity index (χ2v) is 2.66. The van der Waals surface area contributed by atoms with Crippen molar-refractivity contribution in [3.05, 3.63) is 35.9 Å². The Hall–Kier alpha value is -1.44. The molecule has 0 saturated heterocycles. The van der Waals surface area contributed by atoms with Crippen molar-refractivity contribution < 1.29 is 10.2 Å². The quantitative estimate of drug-likeness (QED) is 0.470. The van der Waals surface area contributed by atoms with Crippen LogP contribution in [0.15, 0.2) is 30.4 Å². The van der Waals surface area contributed by atoms with Crippen molar-refractivity contribution in [1.29, 1.82) is 0 Å². The van der Waals surface area contributed by atoms with Crippen molar-refractivity contribution in [2.24, 2.45) is 0 Å². The maximum atomic E-state index is 9.10. The van der Waals surface area contributed by atoms with E-state index >= 15 is 0 Å². The van der Waals surface area contributed by atoms with Crippen molar-refractivity contribution in [1.82, 2.24) is 0 Å². The molecule has 1 aliphatic carbocycles. The normalized spacial score (nSPS) is 15.3. The molecule has 0 spiro atoms. The Morgan fingerprint density at radius 2 is 1.73 bits per heavy atom. The number of hydrogen-bond acceptors (Lipinski definition) is 2. The van der Waals surface area contributed by atoms with E-state index in [1.54, 1.807) is 12.1 Å². The third kappa shape index (κ3) is 1.07. The molecule has 0 heterocycles. The zero-order valence-corrected chi connectivity index (χ0v) is 5.86. The Morgan fingerprint density at radius 3 is 2.27 bits per heavy atom. The first-order valence-corrected chi connectivity index (χ1v) is 3.47. The molecule has 2 rings (SSSR count). The Balaban J connectivity index is 2.37. The molecular formula is C9H8O2. The molecule has 0 amide bonds. The van der Waals surface area contributed by atoms with Crippen molar-refractivity contribution >= 4 is 0 Å². The molecule has 2 nitrogen and oxygen atoms in total. The Kier molecular flexibility index (Phi) is 1.15. The van der Waals surface area contributed by atoms with Crippen LogP contribution in [0.25, 0.3) is 0 Å². The van der Waals surface area contributed by atoms with Crippen LogP contribution < -0.4 is 0 Å². The van der Waals surface area contributed by atoms with Gasteiger partial charge in [0.1, 0.15) is 0 Å². The monoisotopic (exact) mass is 148 g/mol. The van der Waals surface area contributed by atoms with E-state index in [1.807, 2.05) is 12.2 Å². The van der Waals surface area contributed by atoms with Gasteiger partial charge in [-0.05, 0) is 17.7 Å². The van der Waals surface area contributed by atoms with Gasteiger partial charge in [0, 0.05) is 5.92 Å². The van der Waals surface area contributed by atoms with Gasteiger partial charge in [0.2, 0.25) is 0 Å². The van der Waals surface area contributed by atoms with E-state index in [-0.39, 0.29) is 11.5 Å². The molecule has 1 aromatic rings. The van der Waals surface area contributed by atoms with Crippen LogP contribution in [-0.4, -0.2) is 10.2 Å². The van der Waals surface area contributed by atoms with Crippen molar-refractivity contribution in [3.63, 3.8) is 0 Å². The second kappa shape index (κ2) is 2.02. The van der Waals surface area contributed by atoms with Gasteiger partial charge in [0.25, 0.3) is 0 Å². The van der Waals surface area contributed by atoms with E-state index in [0.29, 0.717) is 5.92 Å². The molecule has 0 bridgehead atoms. The van der Waals surface area contributed by atoms with Gasteiger partial charge in [-0.15, -0.1) is 0 Å². The molecule has 56 valence electrons. The molecule has 11 heavy (non-hydrogen) atoms. The SMILES string of the molecule is Oc1ccc(C2C=C2)cc1O. The van der Waals surface area contributed by atoms with Crippen LogP contribution in [0.1, 0.15) is 11.5 Å². The van der Waals surface area contributed by atoms with Crippen molar-refractivity contribution in [3.8, 4) is 11.5 Å². The lowest BCUT2D eigenvalue weighted by Crippen LogP contribution is -1.78. The van der Waals surface area contributed by atoms with E-state index < -0.39 is 0 Å². The van der Waals surface area contributed by atoms with Gasteiger partial charge < -0.3 is 10.2 Å². The molecule has 0 atom stereocenters. The fourth-order valence-electron chi connectivity index (χ4n) is 1.03. The summed E-state index contributed by atoms with van der Waals surface area (Å²) >= 11 is 0. The van der Waals surface area contributed by atoms with Gasteiger partial charge >= 0.3 is 0 Å². The standard InChI is InChI=1S/C9H8O2/c10-8-4-3-7(5-9(8)11)6-1-2-6/h1-6,10-11H. The summed E-state index contributed by atoms with van der Waals surface area (Å²) in [5, 5.41) is 18.1. The number of allylic oxidation sites excluding steroid dienone is 2. The summed E-state index contributed by atoms with van der Waals surface area (Å²) in [4.78, 5) is 0. The van der Waals surface area contributed by atoms with Gasteiger partial charge in [-0.3, -0.25) is 0 Å². The number of rotatable bonds is 1. The van der Waals surface area contributed by atoms with Crippen LogP contribution in [0.4, 0.5) is 0 Å². The molecule has 0 unspecified atom stereocenters. The van der Waals surface area contributed by atoms with E-state index in [9.17, 15) is 0 Å². The predicted molar refractivity (Wildman–Crippen MR) is 41.7 cm³/mol. The van der Waals surface area contributed by atoms with E-state index in [1.165, 1.54) is 6.07 Å². The maximum Gasteiger partial charge on any atom is 0.157 e. The molecule has 0 saturated carbocycles. The number of phenolic OH excluding ortho intramolecular Hbond substituents is 2. The minimum Gasteiger partial charge on any atom is -0.504 e. The summed E-state index contributed by atoms with van der Waals surface area (Å²) < 4.78 is 0. The second-order valence-electron chi connectivity index (χ2n) is 2.66. The predicted octanol–water partition coefficient (Wildman–Crippen LogP) is 1.75. The van der Waals surface area contributed by atoms with E-state index in [0.717, 1.165) is 5.56 Å². The molecule has 0 aliphatic heterocycles. The lowest BCUT2D eigenvalue weighted by Gasteiger charge is -2.00. The Labute approximate surface area is 64.4 Å². The largest absolute Gasteiger partial charge is 0.504 e. The summed E-state index contributed by atoms with van der Waals surface area (Å²) in [5.74, 6) is 0.270. The zero-order valence-electron chi connectivity index (χ0n) is 5.86. The molecule has 2 N–H and O–H groups in total. The van der Waals surface area contributed by atoms with Crippen LogP contribution in [0.5, 0.6) is 11.5 Å². The van der Waals surface area contributed by atoms with Gasteiger partial charge in [-0.25, -0.2) is 0 Å². The average molecular weight is 148 g/mol. The van der Waals surface area contributed by atoms with Crippen LogP contribution in [-0.2, 0) is 0 Å². The van der Waals surface area contributed by atoms with E-state index in [4.69, 9.17) is 10.2 Å². The molecule has 0 fully saturated rings. The third-order valence-corrected chi connectivity index (χ3v) is 1.77. The summed E-state index contributed by atoms with van der Waals surface area (Å²) in [6, 6.07) is 4.89. The first-order valence-electron chi connectivity index (χ1n) is 3.47. The smallest absolute Gasteiger partial charge is 0.157 e. The third-order valence-electron chi connectivity index (χ3n) is 1.77. The topological polar surface area (TPSA) is 40.5 Å². The van der Waals surface area contributed by atoms with Gasteiger partial charge in [-0.1, -0.05) is 18.2 Å².